The summed E-state index contributed by atoms with van der Waals surface area (Å²) in [5, 5.41) is 4.85. The first-order chi connectivity index (χ1) is 10.7. The van der Waals surface area contributed by atoms with E-state index in [0.717, 1.165) is 50.4 Å². The van der Waals surface area contributed by atoms with Crippen molar-refractivity contribution in [2.75, 3.05) is 39.3 Å². The highest BCUT2D eigenvalue weighted by Gasteiger charge is 2.20. The Kier molecular flexibility index (Phi) is 6.86. The van der Waals surface area contributed by atoms with Crippen molar-refractivity contribution in [2.45, 2.75) is 26.2 Å². The van der Waals surface area contributed by atoms with E-state index < -0.39 is 0 Å². The van der Waals surface area contributed by atoms with Gasteiger partial charge < -0.3 is 10.2 Å². The van der Waals surface area contributed by atoms with Crippen molar-refractivity contribution in [2.24, 2.45) is 0 Å². The maximum Gasteiger partial charge on any atom is 0.261 e. The second kappa shape index (κ2) is 8.90. The maximum absolute atomic E-state index is 11.9. The third-order valence-corrected chi connectivity index (χ3v) is 4.80. The number of nitrogens with zero attached hydrogens (tertiary/aromatic N) is 2. The molecule has 1 aromatic heterocycles. The van der Waals surface area contributed by atoms with Crippen LogP contribution < -0.4 is 5.32 Å². The number of piperazine rings is 1. The van der Waals surface area contributed by atoms with E-state index in [9.17, 15) is 9.59 Å². The summed E-state index contributed by atoms with van der Waals surface area (Å²) in [5.41, 5.74) is 0. The molecule has 1 fully saturated rings. The minimum Gasteiger partial charge on any atom is -0.350 e. The highest BCUT2D eigenvalue weighted by atomic mass is 32.1. The summed E-state index contributed by atoms with van der Waals surface area (Å²) < 4.78 is 0. The molecule has 1 aliphatic heterocycles. The zero-order valence-electron chi connectivity index (χ0n) is 13.2. The van der Waals surface area contributed by atoms with E-state index in [4.69, 9.17) is 0 Å². The number of rotatable bonds is 7. The van der Waals surface area contributed by atoms with Crippen LogP contribution in [0.15, 0.2) is 17.5 Å². The van der Waals surface area contributed by atoms with Crippen molar-refractivity contribution in [3.05, 3.63) is 22.4 Å². The van der Waals surface area contributed by atoms with Gasteiger partial charge in [0.15, 0.2) is 0 Å². The van der Waals surface area contributed by atoms with Crippen LogP contribution >= 0.6 is 11.3 Å². The summed E-state index contributed by atoms with van der Waals surface area (Å²) in [4.78, 5) is 28.8. The Bertz CT molecular complexity index is 468. The number of amides is 2. The molecule has 5 nitrogen and oxygen atoms in total. The van der Waals surface area contributed by atoms with Crippen LogP contribution in [0.25, 0.3) is 0 Å². The van der Waals surface area contributed by atoms with E-state index in [1.165, 1.54) is 11.3 Å². The first-order valence-corrected chi connectivity index (χ1v) is 8.90. The summed E-state index contributed by atoms with van der Waals surface area (Å²) in [5.74, 6) is 0.288. The maximum atomic E-state index is 11.9. The molecule has 0 aliphatic carbocycles. The van der Waals surface area contributed by atoms with Gasteiger partial charge in [0.1, 0.15) is 0 Å². The van der Waals surface area contributed by atoms with Gasteiger partial charge >= 0.3 is 0 Å². The fourth-order valence-corrected chi connectivity index (χ4v) is 3.17. The minimum absolute atomic E-state index is 0.00313. The molecule has 0 atom stereocenters. The van der Waals surface area contributed by atoms with Gasteiger partial charge in [0.25, 0.3) is 5.91 Å². The highest BCUT2D eigenvalue weighted by molar-refractivity contribution is 7.12. The SMILES string of the molecule is CCCCC(=O)N1CCN(CCNC(=O)c2cccs2)CC1. The number of nitrogens with one attached hydrogen (secondary N) is 1. The van der Waals surface area contributed by atoms with E-state index in [1.54, 1.807) is 0 Å². The molecule has 1 saturated heterocycles. The number of carbonyl (C=O) groups is 2. The standard InChI is InChI=1S/C16H25N3O2S/c1-2-3-6-15(20)19-11-9-18(10-12-19)8-7-17-16(21)14-5-4-13-22-14/h4-5,13H,2-3,6-12H2,1H3,(H,17,21). The lowest BCUT2D eigenvalue weighted by atomic mass is 10.2. The molecule has 1 N–H and O–H groups in total. The third kappa shape index (κ3) is 5.10. The zero-order chi connectivity index (χ0) is 15.8. The molecule has 2 rings (SSSR count). The highest BCUT2D eigenvalue weighted by Crippen LogP contribution is 2.08. The van der Waals surface area contributed by atoms with Crippen LogP contribution in [0.3, 0.4) is 0 Å². The van der Waals surface area contributed by atoms with E-state index >= 15 is 0 Å². The topological polar surface area (TPSA) is 52.7 Å². The molecule has 2 amide bonds. The van der Waals surface area contributed by atoms with Crippen molar-refractivity contribution in [1.29, 1.82) is 0 Å². The molecule has 0 saturated carbocycles. The molecule has 1 aliphatic rings. The Morgan fingerprint density at radius 3 is 2.68 bits per heavy atom. The Morgan fingerprint density at radius 1 is 1.27 bits per heavy atom. The van der Waals surface area contributed by atoms with Crippen LogP contribution in [0.1, 0.15) is 35.9 Å². The molecule has 0 bridgehead atoms. The fourth-order valence-electron chi connectivity index (χ4n) is 2.53. The number of unbranched alkanes of at least 4 members (excludes halogenated alkanes) is 1. The quantitative estimate of drug-likeness (QED) is 0.833. The van der Waals surface area contributed by atoms with Gasteiger partial charge in [-0.05, 0) is 17.9 Å². The van der Waals surface area contributed by atoms with Gasteiger partial charge in [-0.1, -0.05) is 19.4 Å². The molecule has 0 radical (unpaired) electrons. The predicted molar refractivity (Wildman–Crippen MR) is 89.2 cm³/mol. The van der Waals surface area contributed by atoms with Crippen LogP contribution in [0.5, 0.6) is 0 Å². The van der Waals surface area contributed by atoms with Crippen LogP contribution in [-0.4, -0.2) is 60.9 Å². The van der Waals surface area contributed by atoms with Crippen molar-refractivity contribution in [3.63, 3.8) is 0 Å². The monoisotopic (exact) mass is 323 g/mol. The molecular weight excluding hydrogens is 298 g/mol. The first-order valence-electron chi connectivity index (χ1n) is 8.02. The number of hydrogen-bond acceptors (Lipinski definition) is 4. The second-order valence-electron chi connectivity index (χ2n) is 5.56. The summed E-state index contributed by atoms with van der Waals surface area (Å²) in [7, 11) is 0. The van der Waals surface area contributed by atoms with Crippen molar-refractivity contribution >= 4 is 23.2 Å². The Hall–Kier alpha value is -1.40. The molecular formula is C16H25N3O2S. The largest absolute Gasteiger partial charge is 0.350 e. The van der Waals surface area contributed by atoms with Crippen LogP contribution in [0.4, 0.5) is 0 Å². The van der Waals surface area contributed by atoms with Crippen molar-refractivity contribution < 1.29 is 9.59 Å². The van der Waals surface area contributed by atoms with E-state index in [0.29, 0.717) is 13.0 Å². The average molecular weight is 323 g/mol. The summed E-state index contributed by atoms with van der Waals surface area (Å²) in [6.07, 6.45) is 2.72. The van der Waals surface area contributed by atoms with Gasteiger partial charge in [0.05, 0.1) is 4.88 Å². The van der Waals surface area contributed by atoms with E-state index in [2.05, 4.69) is 17.1 Å². The molecule has 122 valence electrons. The second-order valence-corrected chi connectivity index (χ2v) is 6.51. The third-order valence-electron chi connectivity index (χ3n) is 3.93. The Balaban J connectivity index is 1.61. The Labute approximate surface area is 136 Å². The molecule has 1 aromatic rings. The zero-order valence-corrected chi connectivity index (χ0v) is 14.0. The van der Waals surface area contributed by atoms with Crippen LogP contribution in [0, 0.1) is 0 Å². The lowest BCUT2D eigenvalue weighted by Crippen LogP contribution is -2.50. The first kappa shape index (κ1) is 17.0. The van der Waals surface area contributed by atoms with Gasteiger partial charge in [-0.25, -0.2) is 0 Å². The average Bonchev–Trinajstić information content (AvgIpc) is 3.07. The summed E-state index contributed by atoms with van der Waals surface area (Å²) >= 11 is 1.46. The van der Waals surface area contributed by atoms with Crippen LogP contribution in [-0.2, 0) is 4.79 Å². The molecule has 6 heteroatoms. The molecule has 0 spiro atoms. The van der Waals surface area contributed by atoms with Gasteiger partial charge in [-0.3, -0.25) is 14.5 Å². The number of thiophene rings is 1. The smallest absolute Gasteiger partial charge is 0.261 e. The summed E-state index contributed by atoms with van der Waals surface area (Å²) in [6.45, 7) is 7.01. The van der Waals surface area contributed by atoms with Crippen LogP contribution in [0.2, 0.25) is 0 Å². The lowest BCUT2D eigenvalue weighted by molar-refractivity contribution is -0.133. The minimum atomic E-state index is 0.00313. The normalized spacial score (nSPS) is 15.8. The molecule has 22 heavy (non-hydrogen) atoms. The van der Waals surface area contributed by atoms with Crippen molar-refractivity contribution in [3.8, 4) is 0 Å². The lowest BCUT2D eigenvalue weighted by Gasteiger charge is -2.34. The Morgan fingerprint density at radius 2 is 2.05 bits per heavy atom. The van der Waals surface area contributed by atoms with Gasteiger partial charge in [0.2, 0.25) is 5.91 Å². The molecule has 0 aromatic carbocycles. The van der Waals surface area contributed by atoms with E-state index in [1.807, 2.05) is 22.4 Å². The molecule has 0 unspecified atom stereocenters. The van der Waals surface area contributed by atoms with Gasteiger partial charge in [-0.15, -0.1) is 11.3 Å². The summed E-state index contributed by atoms with van der Waals surface area (Å²) in [6, 6.07) is 3.72. The van der Waals surface area contributed by atoms with E-state index in [-0.39, 0.29) is 11.8 Å². The number of carbonyl (C=O) groups excluding carboxylic acids is 2. The fraction of sp³-hybridized carbons (Fsp3) is 0.625. The van der Waals surface area contributed by atoms with Gasteiger partial charge in [0, 0.05) is 45.7 Å². The molecule has 2 heterocycles. The van der Waals surface area contributed by atoms with Gasteiger partial charge in [-0.2, -0.15) is 0 Å². The van der Waals surface area contributed by atoms with Crippen molar-refractivity contribution in [1.82, 2.24) is 15.1 Å². The number of hydrogen-bond donors (Lipinski definition) is 1. The predicted octanol–water partition coefficient (Wildman–Crippen LogP) is 1.81.